The Morgan fingerprint density at radius 1 is 1.45 bits per heavy atom. The second kappa shape index (κ2) is 7.00. The van der Waals surface area contributed by atoms with E-state index in [-0.39, 0.29) is 11.7 Å². The van der Waals surface area contributed by atoms with E-state index in [1.807, 2.05) is 12.3 Å². The average molecular weight is 294 g/mol. The summed E-state index contributed by atoms with van der Waals surface area (Å²) in [6.07, 6.45) is 0.831. The highest BCUT2D eigenvalue weighted by Gasteiger charge is 2.06. The van der Waals surface area contributed by atoms with Crippen LogP contribution >= 0.6 is 11.3 Å². The quantitative estimate of drug-likeness (QED) is 0.831. The lowest BCUT2D eigenvalue weighted by Gasteiger charge is -2.06. The van der Waals surface area contributed by atoms with Gasteiger partial charge in [-0.1, -0.05) is 12.1 Å². The maximum absolute atomic E-state index is 13.3. The Kier molecular flexibility index (Phi) is 5.06. The van der Waals surface area contributed by atoms with Crippen molar-refractivity contribution in [2.75, 3.05) is 11.9 Å². The van der Waals surface area contributed by atoms with E-state index in [0.717, 1.165) is 5.69 Å². The molecule has 0 aliphatic carbocycles. The molecule has 0 atom stereocenters. The van der Waals surface area contributed by atoms with Crippen molar-refractivity contribution < 1.29 is 13.9 Å². The van der Waals surface area contributed by atoms with Crippen molar-refractivity contribution in [3.8, 4) is 5.75 Å². The standard InChI is InChI=1S/C14H15FN2O2S/c1-10-9-20-14(16-10)17-13(18)7-4-8-19-12-6-3-2-5-11(12)15/h2-3,5-6,9H,4,7-8H2,1H3,(H,16,17,18). The molecule has 106 valence electrons. The first-order chi connectivity index (χ1) is 9.65. The van der Waals surface area contributed by atoms with Gasteiger partial charge in [0.1, 0.15) is 0 Å². The fourth-order valence-electron chi connectivity index (χ4n) is 1.57. The van der Waals surface area contributed by atoms with Crippen LogP contribution in [0.4, 0.5) is 9.52 Å². The summed E-state index contributed by atoms with van der Waals surface area (Å²) < 4.78 is 18.5. The van der Waals surface area contributed by atoms with Crippen molar-refractivity contribution in [3.05, 3.63) is 41.2 Å². The zero-order valence-electron chi connectivity index (χ0n) is 11.1. The third kappa shape index (κ3) is 4.31. The van der Waals surface area contributed by atoms with E-state index in [4.69, 9.17) is 4.74 Å². The molecule has 1 heterocycles. The third-order valence-corrected chi connectivity index (χ3v) is 3.38. The fourth-order valence-corrected chi connectivity index (χ4v) is 2.27. The molecule has 20 heavy (non-hydrogen) atoms. The molecule has 0 fully saturated rings. The molecule has 0 aliphatic heterocycles. The minimum Gasteiger partial charge on any atom is -0.491 e. The van der Waals surface area contributed by atoms with Crippen molar-refractivity contribution >= 4 is 22.4 Å². The minimum absolute atomic E-state index is 0.114. The third-order valence-electron chi connectivity index (χ3n) is 2.51. The lowest BCUT2D eigenvalue weighted by Crippen LogP contribution is -2.12. The summed E-state index contributed by atoms with van der Waals surface area (Å²) >= 11 is 1.39. The van der Waals surface area contributed by atoms with Crippen LogP contribution in [0.1, 0.15) is 18.5 Å². The number of carbonyl (C=O) groups is 1. The highest BCUT2D eigenvalue weighted by Crippen LogP contribution is 2.16. The summed E-state index contributed by atoms with van der Waals surface area (Å²) in [5.41, 5.74) is 0.883. The van der Waals surface area contributed by atoms with Crippen molar-refractivity contribution in [1.82, 2.24) is 4.98 Å². The Morgan fingerprint density at radius 3 is 2.95 bits per heavy atom. The van der Waals surface area contributed by atoms with Gasteiger partial charge in [0.15, 0.2) is 16.7 Å². The Hall–Kier alpha value is -1.95. The Morgan fingerprint density at radius 2 is 2.25 bits per heavy atom. The van der Waals surface area contributed by atoms with Gasteiger partial charge < -0.3 is 10.1 Å². The van der Waals surface area contributed by atoms with Crippen LogP contribution < -0.4 is 10.1 Å². The van der Waals surface area contributed by atoms with E-state index < -0.39 is 5.82 Å². The lowest BCUT2D eigenvalue weighted by atomic mass is 10.3. The first-order valence-corrected chi connectivity index (χ1v) is 7.12. The molecule has 0 unspecified atom stereocenters. The number of nitrogens with zero attached hydrogens (tertiary/aromatic N) is 1. The number of rotatable bonds is 6. The lowest BCUT2D eigenvalue weighted by molar-refractivity contribution is -0.116. The van der Waals surface area contributed by atoms with Gasteiger partial charge in [-0.3, -0.25) is 4.79 Å². The molecule has 0 aliphatic rings. The van der Waals surface area contributed by atoms with E-state index in [2.05, 4.69) is 10.3 Å². The van der Waals surface area contributed by atoms with Gasteiger partial charge in [0.05, 0.1) is 12.3 Å². The maximum atomic E-state index is 13.3. The number of hydrogen-bond donors (Lipinski definition) is 1. The maximum Gasteiger partial charge on any atom is 0.226 e. The molecule has 1 aromatic carbocycles. The monoisotopic (exact) mass is 294 g/mol. The predicted octanol–water partition coefficient (Wildman–Crippen LogP) is 3.39. The number of ether oxygens (including phenoxy) is 1. The smallest absolute Gasteiger partial charge is 0.226 e. The highest BCUT2D eigenvalue weighted by atomic mass is 32.1. The number of aromatic nitrogens is 1. The number of benzene rings is 1. The summed E-state index contributed by atoms with van der Waals surface area (Å²) in [6, 6.07) is 6.21. The molecule has 4 nitrogen and oxygen atoms in total. The van der Waals surface area contributed by atoms with E-state index in [9.17, 15) is 9.18 Å². The number of amides is 1. The van der Waals surface area contributed by atoms with Gasteiger partial charge in [-0.25, -0.2) is 9.37 Å². The van der Waals surface area contributed by atoms with Crippen molar-refractivity contribution in [1.29, 1.82) is 0 Å². The minimum atomic E-state index is -0.393. The number of carbonyl (C=O) groups excluding carboxylic acids is 1. The summed E-state index contributed by atoms with van der Waals surface area (Å²) in [4.78, 5) is 15.8. The number of anilines is 1. The SMILES string of the molecule is Cc1csc(NC(=O)CCCOc2ccccc2F)n1. The van der Waals surface area contributed by atoms with Gasteiger partial charge in [0.25, 0.3) is 0 Å². The zero-order valence-corrected chi connectivity index (χ0v) is 11.9. The molecule has 0 spiro atoms. The highest BCUT2D eigenvalue weighted by molar-refractivity contribution is 7.13. The Balaban J connectivity index is 1.68. The molecule has 0 saturated carbocycles. The molecule has 0 saturated heterocycles. The molecule has 1 N–H and O–H groups in total. The van der Waals surface area contributed by atoms with Crippen LogP contribution in [-0.2, 0) is 4.79 Å². The van der Waals surface area contributed by atoms with Crippen LogP contribution in [-0.4, -0.2) is 17.5 Å². The van der Waals surface area contributed by atoms with E-state index in [1.165, 1.54) is 17.4 Å². The number of halogens is 1. The van der Waals surface area contributed by atoms with E-state index >= 15 is 0 Å². The molecule has 6 heteroatoms. The second-order valence-electron chi connectivity index (χ2n) is 4.22. The Labute approximate surface area is 120 Å². The van der Waals surface area contributed by atoms with Crippen LogP contribution in [0.25, 0.3) is 0 Å². The van der Waals surface area contributed by atoms with Crippen LogP contribution in [0.5, 0.6) is 5.75 Å². The summed E-state index contributed by atoms with van der Waals surface area (Å²) in [7, 11) is 0. The first kappa shape index (κ1) is 14.5. The van der Waals surface area contributed by atoms with Crippen LogP contribution in [0, 0.1) is 12.7 Å². The van der Waals surface area contributed by atoms with Gasteiger partial charge >= 0.3 is 0 Å². The van der Waals surface area contributed by atoms with Gasteiger partial charge in [-0.15, -0.1) is 11.3 Å². The normalized spacial score (nSPS) is 10.3. The topological polar surface area (TPSA) is 51.2 Å². The van der Waals surface area contributed by atoms with Gasteiger partial charge in [-0.05, 0) is 25.5 Å². The Bertz CT molecular complexity index is 586. The van der Waals surface area contributed by atoms with Gasteiger partial charge in [-0.2, -0.15) is 0 Å². The fraction of sp³-hybridized carbons (Fsp3) is 0.286. The molecular weight excluding hydrogens is 279 g/mol. The zero-order chi connectivity index (χ0) is 14.4. The van der Waals surface area contributed by atoms with Gasteiger partial charge in [0.2, 0.25) is 5.91 Å². The number of para-hydroxylation sites is 1. The number of nitrogens with one attached hydrogen (secondary N) is 1. The summed E-state index contributed by atoms with van der Waals surface area (Å²) in [5.74, 6) is -0.296. The largest absolute Gasteiger partial charge is 0.491 e. The van der Waals surface area contributed by atoms with Gasteiger partial charge in [0, 0.05) is 11.8 Å². The van der Waals surface area contributed by atoms with Crippen LogP contribution in [0.2, 0.25) is 0 Å². The van der Waals surface area contributed by atoms with Crippen molar-refractivity contribution in [2.45, 2.75) is 19.8 Å². The molecule has 1 aromatic heterocycles. The van der Waals surface area contributed by atoms with Crippen LogP contribution in [0.3, 0.4) is 0 Å². The average Bonchev–Trinajstić information content (AvgIpc) is 2.82. The number of thiazole rings is 1. The first-order valence-electron chi connectivity index (χ1n) is 6.24. The molecule has 0 bridgehead atoms. The molecule has 2 rings (SSSR count). The predicted molar refractivity (Wildman–Crippen MR) is 76.6 cm³/mol. The number of hydrogen-bond acceptors (Lipinski definition) is 4. The molecule has 0 radical (unpaired) electrons. The summed E-state index contributed by atoms with van der Waals surface area (Å²) in [6.45, 7) is 2.17. The summed E-state index contributed by atoms with van der Waals surface area (Å²) in [5, 5.41) is 5.18. The van der Waals surface area contributed by atoms with E-state index in [1.54, 1.807) is 18.2 Å². The molecular formula is C14H15FN2O2S. The van der Waals surface area contributed by atoms with Crippen LogP contribution in [0.15, 0.2) is 29.6 Å². The second-order valence-corrected chi connectivity index (χ2v) is 5.08. The number of aryl methyl sites for hydroxylation is 1. The molecule has 2 aromatic rings. The van der Waals surface area contributed by atoms with E-state index in [0.29, 0.717) is 24.6 Å². The molecule has 1 amide bonds. The van der Waals surface area contributed by atoms with Crippen molar-refractivity contribution in [3.63, 3.8) is 0 Å². The van der Waals surface area contributed by atoms with Crippen molar-refractivity contribution in [2.24, 2.45) is 0 Å².